The third-order valence-corrected chi connectivity index (χ3v) is 6.30. The number of anilines is 1. The first kappa shape index (κ1) is 19.8. The summed E-state index contributed by atoms with van der Waals surface area (Å²) in [5.74, 6) is 0.981. The zero-order valence-corrected chi connectivity index (χ0v) is 18.0. The predicted octanol–water partition coefficient (Wildman–Crippen LogP) is 4.16. The second kappa shape index (κ2) is 8.46. The number of nitrogens with one attached hydrogen (secondary N) is 1. The Bertz CT molecular complexity index is 997. The van der Waals surface area contributed by atoms with E-state index >= 15 is 0 Å². The van der Waals surface area contributed by atoms with Gasteiger partial charge in [-0.1, -0.05) is 23.9 Å². The van der Waals surface area contributed by atoms with Crippen LogP contribution in [0.15, 0.2) is 51.9 Å². The molecule has 1 saturated heterocycles. The summed E-state index contributed by atoms with van der Waals surface area (Å²) in [6.07, 6.45) is 0.0709. The van der Waals surface area contributed by atoms with E-state index in [-0.39, 0.29) is 25.0 Å². The summed E-state index contributed by atoms with van der Waals surface area (Å²) in [5.41, 5.74) is 1.34. The number of hydrogen-bond donors (Lipinski definition) is 1. The highest BCUT2D eigenvalue weighted by molar-refractivity contribution is 9.10. The van der Waals surface area contributed by atoms with Crippen LogP contribution in [-0.4, -0.2) is 40.5 Å². The second-order valence-electron chi connectivity index (χ2n) is 6.35. The predicted molar refractivity (Wildman–Crippen MR) is 116 cm³/mol. The molecule has 2 aliphatic heterocycles. The Balaban J connectivity index is 1.48. The number of halogens is 1. The van der Waals surface area contributed by atoms with E-state index in [1.165, 1.54) is 11.8 Å². The van der Waals surface area contributed by atoms with Gasteiger partial charge in [0, 0.05) is 23.5 Å². The highest BCUT2D eigenvalue weighted by atomic mass is 79.9. The third kappa shape index (κ3) is 4.25. The molecule has 2 heterocycles. The fourth-order valence-electron chi connectivity index (χ4n) is 3.01. The minimum Gasteiger partial charge on any atom is -0.454 e. The molecule has 1 N–H and O–H groups in total. The Labute approximate surface area is 180 Å². The number of amides is 2. The van der Waals surface area contributed by atoms with E-state index in [2.05, 4.69) is 26.2 Å². The molecule has 2 aromatic rings. The number of fused-ring (bicyclic) bond motifs is 1. The lowest BCUT2D eigenvalue weighted by molar-refractivity contribution is -0.128. The van der Waals surface area contributed by atoms with Crippen molar-refractivity contribution >= 4 is 56.0 Å². The number of carbonyl (C=O) groups is 2. The summed E-state index contributed by atoms with van der Waals surface area (Å²) in [5, 5.41) is 2.91. The van der Waals surface area contributed by atoms with Crippen LogP contribution in [-0.2, 0) is 9.59 Å². The van der Waals surface area contributed by atoms with Gasteiger partial charge in [-0.2, -0.15) is 0 Å². The van der Waals surface area contributed by atoms with Crippen LogP contribution in [0.5, 0.6) is 11.5 Å². The fourth-order valence-corrected chi connectivity index (χ4v) is 4.62. The first-order chi connectivity index (χ1) is 14.0. The Morgan fingerprint density at radius 2 is 2.07 bits per heavy atom. The third-order valence-electron chi connectivity index (χ3n) is 4.44. The molecule has 0 saturated carbocycles. The zero-order chi connectivity index (χ0) is 20.4. The van der Waals surface area contributed by atoms with Gasteiger partial charge < -0.3 is 14.8 Å². The largest absolute Gasteiger partial charge is 0.454 e. The molecule has 9 heteroatoms. The first-order valence-electron chi connectivity index (χ1n) is 9.06. The van der Waals surface area contributed by atoms with Gasteiger partial charge in [0.2, 0.25) is 18.6 Å². The lowest BCUT2D eigenvalue weighted by Crippen LogP contribution is -2.33. The van der Waals surface area contributed by atoms with Crippen LogP contribution in [0.2, 0.25) is 0 Å². The number of aliphatic imine (C=N–C) groups is 1. The molecule has 1 fully saturated rings. The number of ether oxygens (including phenoxy) is 2. The minimum absolute atomic E-state index is 0.0709. The lowest BCUT2D eigenvalue weighted by atomic mass is 10.2. The molecule has 1 atom stereocenters. The topological polar surface area (TPSA) is 80.2 Å². The van der Waals surface area contributed by atoms with Gasteiger partial charge in [-0.3, -0.25) is 14.5 Å². The molecule has 4 rings (SSSR count). The molecule has 0 aromatic heterocycles. The normalized spacial score (nSPS) is 19.1. The number of benzene rings is 2. The highest BCUT2D eigenvalue weighted by Gasteiger charge is 2.38. The van der Waals surface area contributed by atoms with Gasteiger partial charge >= 0.3 is 0 Å². The van der Waals surface area contributed by atoms with E-state index in [0.29, 0.717) is 34.6 Å². The van der Waals surface area contributed by atoms with Crippen molar-refractivity contribution < 1.29 is 19.1 Å². The minimum atomic E-state index is -0.509. The molecular formula is C20H18BrN3O4S. The maximum absolute atomic E-state index is 12.8. The maximum Gasteiger partial charge on any atom is 0.242 e. The molecular weight excluding hydrogens is 458 g/mol. The summed E-state index contributed by atoms with van der Waals surface area (Å²) >= 11 is 4.71. The van der Waals surface area contributed by atoms with Gasteiger partial charge in [0.1, 0.15) is 5.25 Å². The van der Waals surface area contributed by atoms with Crippen molar-refractivity contribution in [2.45, 2.75) is 18.6 Å². The van der Waals surface area contributed by atoms with Crippen molar-refractivity contribution in [3.8, 4) is 11.5 Å². The van der Waals surface area contributed by atoms with E-state index in [9.17, 15) is 9.59 Å². The number of thioether (sulfide) groups is 1. The zero-order valence-electron chi connectivity index (χ0n) is 15.6. The fraction of sp³-hybridized carbons (Fsp3) is 0.250. The van der Waals surface area contributed by atoms with Crippen molar-refractivity contribution in [3.63, 3.8) is 0 Å². The van der Waals surface area contributed by atoms with Crippen LogP contribution in [0.25, 0.3) is 0 Å². The van der Waals surface area contributed by atoms with Crippen LogP contribution in [0, 0.1) is 0 Å². The van der Waals surface area contributed by atoms with Crippen LogP contribution < -0.4 is 14.8 Å². The van der Waals surface area contributed by atoms with E-state index in [4.69, 9.17) is 9.47 Å². The molecule has 150 valence electrons. The lowest BCUT2D eigenvalue weighted by Gasteiger charge is -2.13. The van der Waals surface area contributed by atoms with E-state index in [0.717, 1.165) is 4.47 Å². The summed E-state index contributed by atoms with van der Waals surface area (Å²) in [6, 6.07) is 12.7. The Morgan fingerprint density at radius 3 is 2.86 bits per heavy atom. The quantitative estimate of drug-likeness (QED) is 0.701. The van der Waals surface area contributed by atoms with Gasteiger partial charge in [-0.05, 0) is 47.1 Å². The molecule has 0 radical (unpaired) electrons. The molecule has 2 aromatic carbocycles. The van der Waals surface area contributed by atoms with Crippen molar-refractivity contribution in [2.24, 2.45) is 4.99 Å². The van der Waals surface area contributed by atoms with Crippen LogP contribution in [0.1, 0.15) is 13.3 Å². The average Bonchev–Trinajstić information content (AvgIpc) is 3.28. The maximum atomic E-state index is 12.8. The van der Waals surface area contributed by atoms with Crippen LogP contribution in [0.3, 0.4) is 0 Å². The number of hydrogen-bond acceptors (Lipinski definition) is 6. The smallest absolute Gasteiger partial charge is 0.242 e. The van der Waals surface area contributed by atoms with E-state index in [1.54, 1.807) is 23.1 Å². The number of carbonyl (C=O) groups excluding carboxylic acids is 2. The molecule has 2 aliphatic rings. The summed E-state index contributed by atoms with van der Waals surface area (Å²) < 4.78 is 11.5. The molecule has 29 heavy (non-hydrogen) atoms. The summed E-state index contributed by atoms with van der Waals surface area (Å²) in [4.78, 5) is 31.4. The molecule has 0 bridgehead atoms. The Kier molecular flexibility index (Phi) is 5.77. The molecule has 1 unspecified atom stereocenters. The second-order valence-corrected chi connectivity index (χ2v) is 8.38. The first-order valence-corrected chi connectivity index (χ1v) is 10.7. The van der Waals surface area contributed by atoms with Gasteiger partial charge in [0.15, 0.2) is 16.7 Å². The summed E-state index contributed by atoms with van der Waals surface area (Å²) in [7, 11) is 0. The monoisotopic (exact) mass is 475 g/mol. The molecule has 0 spiro atoms. The number of rotatable bonds is 5. The van der Waals surface area contributed by atoms with E-state index in [1.807, 2.05) is 31.2 Å². The van der Waals surface area contributed by atoms with Crippen molar-refractivity contribution in [3.05, 3.63) is 46.9 Å². The Morgan fingerprint density at radius 1 is 1.28 bits per heavy atom. The number of amidine groups is 1. The SMILES string of the molecule is CCN1C(=O)C(CC(=O)Nc2ccccc2Br)SC1=Nc1ccc2c(c1)OCO2. The van der Waals surface area contributed by atoms with Crippen molar-refractivity contribution in [1.82, 2.24) is 4.90 Å². The van der Waals surface area contributed by atoms with Gasteiger partial charge in [0.05, 0.1) is 11.4 Å². The molecule has 2 amide bonds. The van der Waals surface area contributed by atoms with Crippen molar-refractivity contribution in [1.29, 1.82) is 0 Å². The number of para-hydroxylation sites is 1. The van der Waals surface area contributed by atoms with Crippen molar-refractivity contribution in [2.75, 3.05) is 18.7 Å². The van der Waals surface area contributed by atoms with Gasteiger partial charge in [-0.25, -0.2) is 4.99 Å². The van der Waals surface area contributed by atoms with Crippen LogP contribution >= 0.6 is 27.7 Å². The van der Waals surface area contributed by atoms with Gasteiger partial charge in [-0.15, -0.1) is 0 Å². The standard InChI is InChI=1S/C20H18BrN3O4S/c1-2-24-19(26)17(10-18(25)23-14-6-4-3-5-13(14)21)29-20(24)22-12-7-8-15-16(9-12)28-11-27-15/h3-9,17H,2,10-11H2,1H3,(H,23,25). The molecule has 7 nitrogen and oxygen atoms in total. The summed E-state index contributed by atoms with van der Waals surface area (Å²) in [6.45, 7) is 2.56. The molecule has 0 aliphatic carbocycles. The highest BCUT2D eigenvalue weighted by Crippen LogP contribution is 2.37. The van der Waals surface area contributed by atoms with E-state index < -0.39 is 5.25 Å². The number of nitrogens with zero attached hydrogens (tertiary/aromatic N) is 2. The van der Waals surface area contributed by atoms with Gasteiger partial charge in [0.25, 0.3) is 0 Å². The van der Waals surface area contributed by atoms with Crippen LogP contribution in [0.4, 0.5) is 11.4 Å². The average molecular weight is 476 g/mol. The Hall–Kier alpha value is -2.52.